The van der Waals surface area contributed by atoms with E-state index in [1.807, 2.05) is 17.5 Å². The molecule has 21 heavy (non-hydrogen) atoms. The number of thiophene rings is 1. The lowest BCUT2D eigenvalue weighted by Crippen LogP contribution is -2.18. The summed E-state index contributed by atoms with van der Waals surface area (Å²) in [6.07, 6.45) is -3.84. The summed E-state index contributed by atoms with van der Waals surface area (Å²) in [5, 5.41) is 12.1. The van der Waals surface area contributed by atoms with E-state index in [4.69, 9.17) is 0 Å². The second-order valence-corrected chi connectivity index (χ2v) is 5.61. The van der Waals surface area contributed by atoms with Crippen molar-refractivity contribution in [2.45, 2.75) is 31.7 Å². The third kappa shape index (κ3) is 5.06. The lowest BCUT2D eigenvalue weighted by atomic mass is 10.0. The molecule has 1 aromatic carbocycles. The molecule has 1 unspecified atom stereocenters. The van der Waals surface area contributed by atoms with Gasteiger partial charge in [-0.3, -0.25) is 0 Å². The second-order valence-electron chi connectivity index (χ2n) is 4.57. The number of benzene rings is 1. The van der Waals surface area contributed by atoms with Gasteiger partial charge in [0.05, 0.1) is 6.10 Å². The summed E-state index contributed by atoms with van der Waals surface area (Å²) in [5.74, 6) is -0.339. The molecule has 0 saturated carbocycles. The van der Waals surface area contributed by atoms with Crippen molar-refractivity contribution in [3.05, 3.63) is 52.2 Å². The molecule has 0 spiro atoms. The van der Waals surface area contributed by atoms with Gasteiger partial charge in [0.2, 0.25) is 0 Å². The third-order valence-electron chi connectivity index (χ3n) is 2.98. The van der Waals surface area contributed by atoms with Gasteiger partial charge >= 0.3 is 6.36 Å². The molecule has 1 N–H and O–H groups in total. The maximum absolute atomic E-state index is 12.3. The number of rotatable bonds is 6. The lowest BCUT2D eigenvalue weighted by molar-refractivity contribution is -0.275. The van der Waals surface area contributed by atoms with E-state index in [1.165, 1.54) is 23.1 Å². The molecule has 1 atom stereocenters. The minimum absolute atomic E-state index is 0.168. The Kier molecular flexibility index (Phi) is 5.25. The van der Waals surface area contributed by atoms with E-state index in [-0.39, 0.29) is 11.3 Å². The van der Waals surface area contributed by atoms with Crippen LogP contribution in [0.25, 0.3) is 0 Å². The Bertz CT molecular complexity index is 552. The zero-order valence-electron chi connectivity index (χ0n) is 11.1. The van der Waals surface area contributed by atoms with Crippen molar-refractivity contribution in [2.75, 3.05) is 0 Å². The number of aryl methyl sites for hydroxylation is 1. The highest BCUT2D eigenvalue weighted by molar-refractivity contribution is 7.09. The maximum Gasteiger partial charge on any atom is 0.573 e. The molecule has 2 nitrogen and oxygen atoms in total. The SMILES string of the molecule is OC(CCCc1cccs1)c1ccccc1OC(F)(F)F. The molecular weight excluding hydrogens is 301 g/mol. The predicted octanol–water partition coefficient (Wildman–Crippen LogP) is 4.70. The van der Waals surface area contributed by atoms with Crippen LogP contribution < -0.4 is 4.74 Å². The number of hydrogen-bond donors (Lipinski definition) is 1. The average molecular weight is 316 g/mol. The molecule has 2 aromatic rings. The van der Waals surface area contributed by atoms with Crippen LogP contribution in [0.1, 0.15) is 29.4 Å². The largest absolute Gasteiger partial charge is 0.573 e. The van der Waals surface area contributed by atoms with Gasteiger partial charge < -0.3 is 9.84 Å². The molecule has 114 valence electrons. The molecule has 0 aliphatic heterocycles. The molecule has 0 bridgehead atoms. The Morgan fingerprint density at radius 2 is 1.90 bits per heavy atom. The number of alkyl halides is 3. The van der Waals surface area contributed by atoms with Crippen LogP contribution in [0.4, 0.5) is 13.2 Å². The van der Waals surface area contributed by atoms with Gasteiger partial charge in [0.1, 0.15) is 5.75 Å². The van der Waals surface area contributed by atoms with Crippen molar-refractivity contribution in [2.24, 2.45) is 0 Å². The Hall–Kier alpha value is -1.53. The van der Waals surface area contributed by atoms with E-state index in [0.29, 0.717) is 12.8 Å². The first kappa shape index (κ1) is 15.9. The summed E-state index contributed by atoms with van der Waals surface area (Å²) < 4.78 is 40.9. The predicted molar refractivity (Wildman–Crippen MR) is 75.3 cm³/mol. The van der Waals surface area contributed by atoms with Crippen LogP contribution in [-0.4, -0.2) is 11.5 Å². The number of para-hydroxylation sites is 1. The first-order valence-electron chi connectivity index (χ1n) is 6.51. The Balaban J connectivity index is 1.96. The highest BCUT2D eigenvalue weighted by atomic mass is 32.1. The lowest BCUT2D eigenvalue weighted by Gasteiger charge is -2.17. The summed E-state index contributed by atoms with van der Waals surface area (Å²) in [5.41, 5.74) is 0.168. The summed E-state index contributed by atoms with van der Waals surface area (Å²) >= 11 is 1.63. The van der Waals surface area contributed by atoms with Gasteiger partial charge in [-0.25, -0.2) is 0 Å². The average Bonchev–Trinajstić information content (AvgIpc) is 2.90. The molecule has 0 radical (unpaired) electrons. The maximum atomic E-state index is 12.3. The molecule has 0 fully saturated rings. The fraction of sp³-hybridized carbons (Fsp3) is 0.333. The summed E-state index contributed by atoms with van der Waals surface area (Å²) in [7, 11) is 0. The molecule has 6 heteroatoms. The van der Waals surface area contributed by atoms with E-state index < -0.39 is 12.5 Å². The fourth-order valence-electron chi connectivity index (χ4n) is 2.05. The first-order valence-corrected chi connectivity index (χ1v) is 7.39. The number of aliphatic hydroxyl groups is 1. The summed E-state index contributed by atoms with van der Waals surface area (Å²) in [4.78, 5) is 1.20. The van der Waals surface area contributed by atoms with Crippen LogP contribution in [-0.2, 0) is 6.42 Å². The molecule has 2 rings (SSSR count). The zero-order valence-corrected chi connectivity index (χ0v) is 12.0. The minimum atomic E-state index is -4.76. The first-order chi connectivity index (χ1) is 9.96. The molecule has 0 aliphatic rings. The smallest absolute Gasteiger partial charge is 0.405 e. The Morgan fingerprint density at radius 3 is 2.57 bits per heavy atom. The number of aliphatic hydroxyl groups excluding tert-OH is 1. The van der Waals surface area contributed by atoms with Crippen LogP contribution in [0.5, 0.6) is 5.75 Å². The summed E-state index contributed by atoms with van der Waals surface area (Å²) in [6, 6.07) is 9.65. The van der Waals surface area contributed by atoms with Crippen LogP contribution in [0.15, 0.2) is 41.8 Å². The van der Waals surface area contributed by atoms with Crippen molar-refractivity contribution in [1.29, 1.82) is 0 Å². The highest BCUT2D eigenvalue weighted by Crippen LogP contribution is 2.32. The minimum Gasteiger partial charge on any atom is -0.405 e. The molecule has 1 heterocycles. The van der Waals surface area contributed by atoms with Crippen molar-refractivity contribution in [3.63, 3.8) is 0 Å². The Morgan fingerprint density at radius 1 is 1.14 bits per heavy atom. The van der Waals surface area contributed by atoms with Crippen LogP contribution in [0, 0.1) is 0 Å². The number of hydrogen-bond acceptors (Lipinski definition) is 3. The normalized spacial score (nSPS) is 13.1. The van der Waals surface area contributed by atoms with Gasteiger partial charge in [0, 0.05) is 10.4 Å². The van der Waals surface area contributed by atoms with Gasteiger partial charge in [-0.1, -0.05) is 24.3 Å². The van der Waals surface area contributed by atoms with E-state index in [1.54, 1.807) is 17.4 Å². The molecule has 1 aromatic heterocycles. The van der Waals surface area contributed by atoms with Gasteiger partial charge in [-0.2, -0.15) is 0 Å². The third-order valence-corrected chi connectivity index (χ3v) is 3.92. The van der Waals surface area contributed by atoms with Gasteiger partial charge in [0.15, 0.2) is 0 Å². The van der Waals surface area contributed by atoms with E-state index in [2.05, 4.69) is 4.74 Å². The van der Waals surface area contributed by atoms with Crippen LogP contribution in [0.2, 0.25) is 0 Å². The quantitative estimate of drug-likeness (QED) is 0.837. The molecule has 0 amide bonds. The number of ether oxygens (including phenoxy) is 1. The van der Waals surface area contributed by atoms with E-state index in [0.717, 1.165) is 6.42 Å². The van der Waals surface area contributed by atoms with Crippen molar-refractivity contribution in [1.82, 2.24) is 0 Å². The summed E-state index contributed by atoms with van der Waals surface area (Å²) in [6.45, 7) is 0. The van der Waals surface area contributed by atoms with Crippen molar-refractivity contribution >= 4 is 11.3 Å². The monoisotopic (exact) mass is 316 g/mol. The van der Waals surface area contributed by atoms with Crippen molar-refractivity contribution in [3.8, 4) is 5.75 Å². The van der Waals surface area contributed by atoms with E-state index >= 15 is 0 Å². The topological polar surface area (TPSA) is 29.5 Å². The van der Waals surface area contributed by atoms with Gasteiger partial charge in [-0.05, 0) is 36.8 Å². The molecular formula is C15H15F3O2S. The van der Waals surface area contributed by atoms with Crippen LogP contribution in [0.3, 0.4) is 0 Å². The van der Waals surface area contributed by atoms with Crippen LogP contribution >= 0.6 is 11.3 Å². The second kappa shape index (κ2) is 6.95. The van der Waals surface area contributed by atoms with E-state index in [9.17, 15) is 18.3 Å². The standard InChI is InChI=1S/C15H15F3O2S/c16-15(17,18)20-14-9-2-1-7-12(14)13(19)8-3-5-11-6-4-10-21-11/h1-2,4,6-7,9-10,13,19H,3,5,8H2. The Labute approximate surface area is 124 Å². The molecule has 0 saturated heterocycles. The van der Waals surface area contributed by atoms with Crippen molar-refractivity contribution < 1.29 is 23.0 Å². The zero-order chi connectivity index (χ0) is 15.3. The van der Waals surface area contributed by atoms with Gasteiger partial charge in [-0.15, -0.1) is 24.5 Å². The molecule has 0 aliphatic carbocycles. The fourth-order valence-corrected chi connectivity index (χ4v) is 2.80. The number of halogens is 3. The highest BCUT2D eigenvalue weighted by Gasteiger charge is 2.32. The van der Waals surface area contributed by atoms with Gasteiger partial charge in [0.25, 0.3) is 0 Å².